The largest absolute Gasteiger partial charge is 0.423 e. The molecule has 138 valence electrons. The van der Waals surface area contributed by atoms with E-state index in [2.05, 4.69) is 20.5 Å². The summed E-state index contributed by atoms with van der Waals surface area (Å²) in [6, 6.07) is 7.53. The Morgan fingerprint density at radius 1 is 1.04 bits per heavy atom. The number of hydrogen-bond donors (Lipinski definition) is 1. The number of nitrogens with zero attached hydrogens (tertiary/aromatic N) is 3. The Balaban J connectivity index is 1.61. The van der Waals surface area contributed by atoms with Gasteiger partial charge in [0, 0.05) is 11.6 Å². The van der Waals surface area contributed by atoms with E-state index in [4.69, 9.17) is 4.74 Å². The SMILES string of the molecule is CCc1nnc(Oc2ccc(NC(=O)C3CCCCC3)cc2)nc1CC. The van der Waals surface area contributed by atoms with Crippen molar-refractivity contribution in [1.29, 1.82) is 0 Å². The van der Waals surface area contributed by atoms with Gasteiger partial charge in [-0.1, -0.05) is 38.2 Å². The van der Waals surface area contributed by atoms with Crippen LogP contribution in [0.15, 0.2) is 24.3 Å². The fourth-order valence-corrected chi connectivity index (χ4v) is 3.29. The number of carbonyl (C=O) groups is 1. The summed E-state index contributed by atoms with van der Waals surface area (Å²) in [5, 5.41) is 11.2. The van der Waals surface area contributed by atoms with Gasteiger partial charge in [0.15, 0.2) is 0 Å². The van der Waals surface area contributed by atoms with Gasteiger partial charge < -0.3 is 10.1 Å². The molecule has 6 heteroatoms. The number of nitrogens with one attached hydrogen (secondary N) is 1. The number of hydrogen-bond acceptors (Lipinski definition) is 5. The second-order valence-electron chi connectivity index (χ2n) is 6.65. The summed E-state index contributed by atoms with van der Waals surface area (Å²) >= 11 is 0. The predicted molar refractivity (Wildman–Crippen MR) is 100 cm³/mol. The van der Waals surface area contributed by atoms with E-state index in [1.165, 1.54) is 6.42 Å². The molecule has 0 bridgehead atoms. The molecule has 0 aliphatic heterocycles. The van der Waals surface area contributed by atoms with Crippen LogP contribution in [-0.4, -0.2) is 21.1 Å². The number of carbonyl (C=O) groups excluding carboxylic acids is 1. The summed E-state index contributed by atoms with van der Waals surface area (Å²) in [6.07, 6.45) is 7.12. The highest BCUT2D eigenvalue weighted by molar-refractivity contribution is 5.92. The summed E-state index contributed by atoms with van der Waals surface area (Å²) in [5.74, 6) is 0.881. The van der Waals surface area contributed by atoms with E-state index in [1.54, 1.807) is 12.1 Å². The first kappa shape index (κ1) is 18.3. The fourth-order valence-electron chi connectivity index (χ4n) is 3.29. The van der Waals surface area contributed by atoms with E-state index >= 15 is 0 Å². The molecule has 0 unspecified atom stereocenters. The number of rotatable bonds is 6. The Hall–Kier alpha value is -2.50. The molecule has 1 fully saturated rings. The average molecular weight is 354 g/mol. The van der Waals surface area contributed by atoms with E-state index in [0.717, 1.165) is 55.6 Å². The number of ether oxygens (including phenoxy) is 1. The summed E-state index contributed by atoms with van der Waals surface area (Å²) < 4.78 is 5.70. The van der Waals surface area contributed by atoms with E-state index < -0.39 is 0 Å². The van der Waals surface area contributed by atoms with Crippen molar-refractivity contribution in [2.75, 3.05) is 5.32 Å². The van der Waals surface area contributed by atoms with Crippen molar-refractivity contribution in [3.05, 3.63) is 35.7 Å². The third-order valence-corrected chi connectivity index (χ3v) is 4.80. The Labute approximate surface area is 154 Å². The van der Waals surface area contributed by atoms with Crippen molar-refractivity contribution in [2.24, 2.45) is 5.92 Å². The lowest BCUT2D eigenvalue weighted by atomic mass is 9.88. The van der Waals surface area contributed by atoms with Crippen LogP contribution < -0.4 is 10.1 Å². The van der Waals surface area contributed by atoms with Crippen molar-refractivity contribution < 1.29 is 9.53 Å². The van der Waals surface area contributed by atoms with Crippen LogP contribution in [0.5, 0.6) is 11.8 Å². The van der Waals surface area contributed by atoms with Crippen LogP contribution in [0.2, 0.25) is 0 Å². The molecular weight excluding hydrogens is 328 g/mol. The molecule has 1 aromatic heterocycles. The van der Waals surface area contributed by atoms with Gasteiger partial charge in [-0.15, -0.1) is 5.10 Å². The smallest absolute Gasteiger partial charge is 0.341 e. The molecule has 0 spiro atoms. The normalized spacial score (nSPS) is 14.8. The molecule has 0 saturated heterocycles. The fraction of sp³-hybridized carbons (Fsp3) is 0.500. The molecule has 1 amide bonds. The molecule has 26 heavy (non-hydrogen) atoms. The third-order valence-electron chi connectivity index (χ3n) is 4.80. The minimum Gasteiger partial charge on any atom is -0.423 e. The molecule has 1 aliphatic rings. The van der Waals surface area contributed by atoms with Gasteiger partial charge in [0.2, 0.25) is 5.91 Å². The highest BCUT2D eigenvalue weighted by Crippen LogP contribution is 2.26. The molecule has 1 N–H and O–H groups in total. The van der Waals surface area contributed by atoms with Gasteiger partial charge in [-0.2, -0.15) is 4.98 Å². The Morgan fingerprint density at radius 3 is 2.38 bits per heavy atom. The third kappa shape index (κ3) is 4.56. The summed E-state index contributed by atoms with van der Waals surface area (Å²) in [7, 11) is 0. The molecule has 3 rings (SSSR count). The van der Waals surface area contributed by atoms with Gasteiger partial charge in [0.1, 0.15) is 5.75 Å². The zero-order valence-electron chi connectivity index (χ0n) is 15.5. The molecule has 6 nitrogen and oxygen atoms in total. The summed E-state index contributed by atoms with van der Waals surface area (Å²) in [5.41, 5.74) is 2.59. The van der Waals surface area contributed by atoms with Crippen LogP contribution in [0.3, 0.4) is 0 Å². The number of benzene rings is 1. The minimum absolute atomic E-state index is 0.119. The second kappa shape index (κ2) is 8.74. The summed E-state index contributed by atoms with van der Waals surface area (Å²) in [6.45, 7) is 4.07. The molecule has 1 saturated carbocycles. The van der Waals surface area contributed by atoms with Crippen molar-refractivity contribution in [3.8, 4) is 11.8 Å². The van der Waals surface area contributed by atoms with Gasteiger partial charge in [-0.3, -0.25) is 4.79 Å². The Bertz CT molecular complexity index is 740. The maximum atomic E-state index is 12.3. The van der Waals surface area contributed by atoms with E-state index in [-0.39, 0.29) is 17.8 Å². The number of anilines is 1. The second-order valence-corrected chi connectivity index (χ2v) is 6.65. The van der Waals surface area contributed by atoms with Crippen LogP contribution in [0.4, 0.5) is 5.69 Å². The van der Waals surface area contributed by atoms with E-state index in [0.29, 0.717) is 5.75 Å². The molecule has 1 heterocycles. The lowest BCUT2D eigenvalue weighted by Gasteiger charge is -2.20. The molecule has 0 atom stereocenters. The molecule has 0 radical (unpaired) electrons. The van der Waals surface area contributed by atoms with Crippen LogP contribution in [0.1, 0.15) is 57.3 Å². The van der Waals surface area contributed by atoms with E-state index in [9.17, 15) is 4.79 Å². The molecular formula is C20H26N4O2. The monoisotopic (exact) mass is 354 g/mol. The van der Waals surface area contributed by atoms with Crippen LogP contribution in [0.25, 0.3) is 0 Å². The molecule has 1 aliphatic carbocycles. The van der Waals surface area contributed by atoms with Crippen LogP contribution >= 0.6 is 0 Å². The first-order valence-electron chi connectivity index (χ1n) is 9.50. The van der Waals surface area contributed by atoms with Gasteiger partial charge >= 0.3 is 6.01 Å². The zero-order valence-corrected chi connectivity index (χ0v) is 15.5. The standard InChI is InChI=1S/C20H26N4O2/c1-3-17-18(4-2)23-24-20(22-17)26-16-12-10-15(11-13-16)21-19(25)14-8-6-5-7-9-14/h10-14H,3-9H2,1-2H3,(H,21,25). The van der Waals surface area contributed by atoms with Gasteiger partial charge in [-0.25, -0.2) is 0 Å². The number of amides is 1. The first-order chi connectivity index (χ1) is 12.7. The van der Waals surface area contributed by atoms with Crippen molar-refractivity contribution in [2.45, 2.75) is 58.8 Å². The van der Waals surface area contributed by atoms with Gasteiger partial charge in [0.05, 0.1) is 11.4 Å². The molecule has 2 aromatic rings. The van der Waals surface area contributed by atoms with Gasteiger partial charge in [-0.05, 0) is 49.9 Å². The quantitative estimate of drug-likeness (QED) is 0.836. The number of aromatic nitrogens is 3. The van der Waals surface area contributed by atoms with Crippen LogP contribution in [0, 0.1) is 5.92 Å². The topological polar surface area (TPSA) is 77.0 Å². The molecule has 1 aromatic carbocycles. The average Bonchev–Trinajstić information content (AvgIpc) is 2.70. The Morgan fingerprint density at radius 2 is 1.73 bits per heavy atom. The van der Waals surface area contributed by atoms with E-state index in [1.807, 2.05) is 26.0 Å². The Kier molecular flexibility index (Phi) is 6.15. The minimum atomic E-state index is 0.119. The van der Waals surface area contributed by atoms with Crippen molar-refractivity contribution in [1.82, 2.24) is 15.2 Å². The maximum Gasteiger partial charge on any atom is 0.341 e. The number of aryl methyl sites for hydroxylation is 2. The zero-order chi connectivity index (χ0) is 18.4. The lowest BCUT2D eigenvalue weighted by molar-refractivity contribution is -0.120. The van der Waals surface area contributed by atoms with Crippen molar-refractivity contribution >= 4 is 11.6 Å². The maximum absolute atomic E-state index is 12.3. The highest BCUT2D eigenvalue weighted by Gasteiger charge is 2.21. The first-order valence-corrected chi connectivity index (χ1v) is 9.50. The van der Waals surface area contributed by atoms with Gasteiger partial charge in [0.25, 0.3) is 0 Å². The van der Waals surface area contributed by atoms with Crippen molar-refractivity contribution in [3.63, 3.8) is 0 Å². The lowest BCUT2D eigenvalue weighted by Crippen LogP contribution is -2.24. The summed E-state index contributed by atoms with van der Waals surface area (Å²) in [4.78, 5) is 16.7. The highest BCUT2D eigenvalue weighted by atomic mass is 16.5. The predicted octanol–water partition coefficient (Wildman–Crippen LogP) is 4.31. The van der Waals surface area contributed by atoms with Crippen LogP contribution in [-0.2, 0) is 17.6 Å².